The minimum Gasteiger partial charge on any atom is -0.376 e. The maximum absolute atomic E-state index is 13.3. The second-order valence-electron chi connectivity index (χ2n) is 4.75. The van der Waals surface area contributed by atoms with E-state index in [2.05, 4.69) is 5.43 Å². The molecule has 0 spiro atoms. The molecule has 1 unspecified atom stereocenters. The highest BCUT2D eigenvalue weighted by Crippen LogP contribution is 2.42. The molecule has 3 nitrogen and oxygen atoms in total. The molecule has 0 heterocycles. The summed E-state index contributed by atoms with van der Waals surface area (Å²) in [6.07, 6.45) is 3.82. The predicted molar refractivity (Wildman–Crippen MR) is 64.6 cm³/mol. The zero-order valence-electron chi connectivity index (χ0n) is 10.4. The van der Waals surface area contributed by atoms with E-state index in [9.17, 15) is 8.78 Å². The van der Waals surface area contributed by atoms with Crippen LogP contribution in [0.15, 0.2) is 18.2 Å². The van der Waals surface area contributed by atoms with E-state index in [-0.39, 0.29) is 6.04 Å². The number of rotatable bonds is 4. The van der Waals surface area contributed by atoms with Gasteiger partial charge in [0.15, 0.2) is 11.6 Å². The highest BCUT2D eigenvalue weighted by Gasteiger charge is 2.42. The number of ether oxygens (including phenoxy) is 1. The topological polar surface area (TPSA) is 47.3 Å². The Morgan fingerprint density at radius 3 is 2.44 bits per heavy atom. The van der Waals surface area contributed by atoms with Gasteiger partial charge >= 0.3 is 0 Å². The van der Waals surface area contributed by atoms with Gasteiger partial charge < -0.3 is 4.74 Å². The van der Waals surface area contributed by atoms with Crippen LogP contribution < -0.4 is 11.3 Å². The first kappa shape index (κ1) is 13.4. The summed E-state index contributed by atoms with van der Waals surface area (Å²) in [6.45, 7) is 0. The van der Waals surface area contributed by atoms with Gasteiger partial charge in [0.05, 0.1) is 11.6 Å². The molecule has 2 rings (SSSR count). The van der Waals surface area contributed by atoms with Crippen LogP contribution in [0.25, 0.3) is 0 Å². The molecule has 3 N–H and O–H groups in total. The monoisotopic (exact) mass is 256 g/mol. The number of halogens is 2. The van der Waals surface area contributed by atoms with Crippen molar-refractivity contribution in [1.82, 2.24) is 5.43 Å². The van der Waals surface area contributed by atoms with E-state index in [1.165, 1.54) is 6.07 Å². The van der Waals surface area contributed by atoms with Crippen LogP contribution in [-0.2, 0) is 4.74 Å². The third-order valence-corrected chi connectivity index (χ3v) is 3.83. The Morgan fingerprint density at radius 1 is 1.28 bits per heavy atom. The smallest absolute Gasteiger partial charge is 0.159 e. The van der Waals surface area contributed by atoms with Crippen LogP contribution in [0.5, 0.6) is 0 Å². The van der Waals surface area contributed by atoms with Crippen LogP contribution in [0, 0.1) is 11.6 Å². The third kappa shape index (κ3) is 2.25. The largest absolute Gasteiger partial charge is 0.376 e. The van der Waals surface area contributed by atoms with Gasteiger partial charge in [0.2, 0.25) is 0 Å². The molecular formula is C13H18F2N2O. The average molecular weight is 256 g/mol. The first-order chi connectivity index (χ1) is 8.63. The lowest BCUT2D eigenvalue weighted by Crippen LogP contribution is -2.46. The van der Waals surface area contributed by atoms with Gasteiger partial charge in [-0.25, -0.2) is 8.78 Å². The van der Waals surface area contributed by atoms with Crippen molar-refractivity contribution >= 4 is 0 Å². The fourth-order valence-electron chi connectivity index (χ4n) is 2.83. The molecule has 0 aliphatic heterocycles. The molecule has 1 saturated carbocycles. The molecule has 0 amide bonds. The van der Waals surface area contributed by atoms with Gasteiger partial charge in [0, 0.05) is 7.11 Å². The van der Waals surface area contributed by atoms with Crippen LogP contribution in [0.2, 0.25) is 0 Å². The summed E-state index contributed by atoms with van der Waals surface area (Å²) in [6, 6.07) is 3.51. The summed E-state index contributed by atoms with van der Waals surface area (Å²) < 4.78 is 31.9. The van der Waals surface area contributed by atoms with E-state index < -0.39 is 17.2 Å². The van der Waals surface area contributed by atoms with Crippen molar-refractivity contribution in [2.45, 2.75) is 37.3 Å². The summed E-state index contributed by atoms with van der Waals surface area (Å²) in [4.78, 5) is 0. The molecule has 1 atom stereocenters. The van der Waals surface area contributed by atoms with Crippen molar-refractivity contribution in [3.63, 3.8) is 0 Å². The molecule has 0 saturated heterocycles. The quantitative estimate of drug-likeness (QED) is 0.642. The maximum Gasteiger partial charge on any atom is 0.159 e. The Bertz CT molecular complexity index is 419. The third-order valence-electron chi connectivity index (χ3n) is 3.83. The first-order valence-electron chi connectivity index (χ1n) is 6.09. The molecule has 0 radical (unpaired) electrons. The summed E-state index contributed by atoms with van der Waals surface area (Å²) >= 11 is 0. The standard InChI is InChI=1S/C13H18F2N2O/c1-18-13(6-2-3-7-13)12(17-16)9-4-5-10(14)11(15)8-9/h4-5,8,12,17H,2-3,6-7,16H2,1H3. The average Bonchev–Trinajstić information content (AvgIpc) is 2.84. The van der Waals surface area contributed by atoms with Crippen molar-refractivity contribution in [1.29, 1.82) is 0 Å². The number of benzene rings is 1. The Hall–Kier alpha value is -1.04. The van der Waals surface area contributed by atoms with Crippen molar-refractivity contribution in [2.75, 3.05) is 7.11 Å². The zero-order valence-corrected chi connectivity index (χ0v) is 10.4. The van der Waals surface area contributed by atoms with Crippen LogP contribution in [-0.4, -0.2) is 12.7 Å². The number of nitrogens with two attached hydrogens (primary N) is 1. The SMILES string of the molecule is COC1(C(NN)c2ccc(F)c(F)c2)CCCC1. The summed E-state index contributed by atoms with van der Waals surface area (Å²) in [5, 5.41) is 0. The van der Waals surface area contributed by atoms with Gasteiger partial charge in [-0.15, -0.1) is 0 Å². The second kappa shape index (κ2) is 5.30. The van der Waals surface area contributed by atoms with Gasteiger partial charge in [-0.05, 0) is 30.5 Å². The van der Waals surface area contributed by atoms with Crippen molar-refractivity contribution < 1.29 is 13.5 Å². The summed E-state index contributed by atoms with van der Waals surface area (Å²) in [5.41, 5.74) is 2.86. The molecule has 5 heteroatoms. The van der Waals surface area contributed by atoms with Gasteiger partial charge in [-0.3, -0.25) is 11.3 Å². The Labute approximate surface area is 105 Å². The van der Waals surface area contributed by atoms with E-state index in [0.717, 1.165) is 31.7 Å². The molecule has 1 aromatic rings. The molecule has 1 aliphatic carbocycles. The molecule has 18 heavy (non-hydrogen) atoms. The summed E-state index contributed by atoms with van der Waals surface area (Å²) in [5.74, 6) is 3.87. The van der Waals surface area contributed by atoms with E-state index in [0.29, 0.717) is 5.56 Å². The number of hydrazine groups is 1. The van der Waals surface area contributed by atoms with Crippen LogP contribution in [0.3, 0.4) is 0 Å². The van der Waals surface area contributed by atoms with Crippen LogP contribution >= 0.6 is 0 Å². The molecular weight excluding hydrogens is 238 g/mol. The number of hydrogen-bond donors (Lipinski definition) is 2. The van der Waals surface area contributed by atoms with E-state index in [1.807, 2.05) is 0 Å². The molecule has 100 valence electrons. The predicted octanol–water partition coefficient (Wildman–Crippen LogP) is 2.43. The van der Waals surface area contributed by atoms with Crippen molar-refractivity contribution in [3.05, 3.63) is 35.4 Å². The second-order valence-corrected chi connectivity index (χ2v) is 4.75. The molecule has 0 aromatic heterocycles. The fourth-order valence-corrected chi connectivity index (χ4v) is 2.83. The first-order valence-corrected chi connectivity index (χ1v) is 6.09. The molecule has 1 aromatic carbocycles. The highest BCUT2D eigenvalue weighted by atomic mass is 19.2. The van der Waals surface area contributed by atoms with E-state index in [1.54, 1.807) is 13.2 Å². The minimum atomic E-state index is -0.864. The van der Waals surface area contributed by atoms with Gasteiger partial charge in [-0.1, -0.05) is 18.9 Å². The van der Waals surface area contributed by atoms with E-state index >= 15 is 0 Å². The minimum absolute atomic E-state index is 0.333. The van der Waals surface area contributed by atoms with Crippen molar-refractivity contribution in [2.24, 2.45) is 5.84 Å². The number of hydrogen-bond acceptors (Lipinski definition) is 3. The normalized spacial score (nSPS) is 20.0. The lowest BCUT2D eigenvalue weighted by Gasteiger charge is -2.36. The molecule has 1 aliphatic rings. The highest BCUT2D eigenvalue weighted by molar-refractivity contribution is 5.24. The van der Waals surface area contributed by atoms with Gasteiger partial charge in [0.25, 0.3) is 0 Å². The van der Waals surface area contributed by atoms with E-state index in [4.69, 9.17) is 10.6 Å². The zero-order chi connectivity index (χ0) is 13.2. The Balaban J connectivity index is 2.34. The molecule has 0 bridgehead atoms. The van der Waals surface area contributed by atoms with Crippen LogP contribution in [0.4, 0.5) is 8.78 Å². The molecule has 1 fully saturated rings. The van der Waals surface area contributed by atoms with Crippen LogP contribution in [0.1, 0.15) is 37.3 Å². The van der Waals surface area contributed by atoms with Gasteiger partial charge in [-0.2, -0.15) is 0 Å². The lowest BCUT2D eigenvalue weighted by atomic mass is 9.87. The Kier molecular flexibility index (Phi) is 3.94. The van der Waals surface area contributed by atoms with Gasteiger partial charge in [0.1, 0.15) is 0 Å². The number of methoxy groups -OCH3 is 1. The lowest BCUT2D eigenvalue weighted by molar-refractivity contribution is -0.0369. The van der Waals surface area contributed by atoms with Crippen molar-refractivity contribution in [3.8, 4) is 0 Å². The Morgan fingerprint density at radius 2 is 1.94 bits per heavy atom. The number of nitrogens with one attached hydrogen (secondary N) is 1. The maximum atomic E-state index is 13.3. The fraction of sp³-hybridized carbons (Fsp3) is 0.538. The summed E-state index contributed by atoms with van der Waals surface area (Å²) in [7, 11) is 1.63.